The molecule has 2 heterocycles. The van der Waals surface area contributed by atoms with Gasteiger partial charge in [0.1, 0.15) is 11.3 Å². The highest BCUT2D eigenvalue weighted by Crippen LogP contribution is 2.38. The summed E-state index contributed by atoms with van der Waals surface area (Å²) in [6.07, 6.45) is 0. The van der Waals surface area contributed by atoms with Gasteiger partial charge in [-0.05, 0) is 35.4 Å². The van der Waals surface area contributed by atoms with Gasteiger partial charge in [-0.15, -0.1) is 0 Å². The van der Waals surface area contributed by atoms with Gasteiger partial charge >= 0.3 is 5.63 Å². The number of hydrogen-bond acceptors (Lipinski definition) is 6. The third-order valence-corrected chi connectivity index (χ3v) is 5.51. The summed E-state index contributed by atoms with van der Waals surface area (Å²) < 4.78 is 22.5. The highest BCUT2D eigenvalue weighted by Gasteiger charge is 2.23. The van der Waals surface area contributed by atoms with E-state index in [1.807, 2.05) is 60.7 Å². The van der Waals surface area contributed by atoms with E-state index in [1.165, 1.54) is 0 Å². The van der Waals surface area contributed by atoms with E-state index >= 15 is 0 Å². The van der Waals surface area contributed by atoms with Gasteiger partial charge in [0, 0.05) is 23.2 Å². The molecule has 1 aromatic heterocycles. The van der Waals surface area contributed by atoms with E-state index in [9.17, 15) is 4.79 Å². The van der Waals surface area contributed by atoms with Crippen molar-refractivity contribution < 1.29 is 18.6 Å². The summed E-state index contributed by atoms with van der Waals surface area (Å²) in [4.78, 5) is 14.5. The van der Waals surface area contributed by atoms with Crippen LogP contribution in [0.15, 0.2) is 75.9 Å². The second-order valence-corrected chi connectivity index (χ2v) is 7.27. The molecule has 0 amide bonds. The zero-order chi connectivity index (χ0) is 21.4. The van der Waals surface area contributed by atoms with Crippen molar-refractivity contribution in [2.45, 2.75) is 6.54 Å². The average Bonchev–Trinajstić information content (AvgIpc) is 2.83. The predicted molar refractivity (Wildman–Crippen MR) is 119 cm³/mol. The zero-order valence-electron chi connectivity index (χ0n) is 17.3. The minimum Gasteiger partial charge on any atom is -0.493 e. The molecule has 5 rings (SSSR count). The van der Waals surface area contributed by atoms with Crippen molar-refractivity contribution in [2.24, 2.45) is 0 Å². The topological polar surface area (TPSA) is 61.1 Å². The van der Waals surface area contributed by atoms with Crippen LogP contribution >= 0.6 is 0 Å². The van der Waals surface area contributed by atoms with Gasteiger partial charge in [-0.3, -0.25) is 0 Å². The van der Waals surface area contributed by atoms with Crippen molar-refractivity contribution in [3.63, 3.8) is 0 Å². The van der Waals surface area contributed by atoms with Crippen molar-refractivity contribution in [1.29, 1.82) is 0 Å². The molecule has 156 valence electrons. The summed E-state index contributed by atoms with van der Waals surface area (Å²) in [5.41, 5.74) is 3.74. The number of nitrogens with zero attached hydrogens (tertiary/aromatic N) is 1. The van der Waals surface area contributed by atoms with E-state index in [0.717, 1.165) is 33.5 Å². The molecule has 31 heavy (non-hydrogen) atoms. The first-order valence-electron chi connectivity index (χ1n) is 9.93. The number of ether oxygens (including phenoxy) is 3. The quantitative estimate of drug-likeness (QED) is 0.445. The van der Waals surface area contributed by atoms with Gasteiger partial charge in [-0.1, -0.05) is 30.3 Å². The Balaban J connectivity index is 1.61. The maximum Gasteiger partial charge on any atom is 0.336 e. The summed E-state index contributed by atoms with van der Waals surface area (Å²) in [5.74, 6) is 2.02. The van der Waals surface area contributed by atoms with E-state index in [4.69, 9.17) is 18.6 Å². The SMILES string of the molecule is COc1ccc(N2COc3ccc4c(-c5ccccc5)cc(=O)oc4c3C2)cc1OC. The van der Waals surface area contributed by atoms with Crippen LogP contribution < -0.4 is 24.7 Å². The van der Waals surface area contributed by atoms with Crippen LogP contribution in [-0.2, 0) is 6.54 Å². The van der Waals surface area contributed by atoms with Gasteiger partial charge in [0.25, 0.3) is 0 Å². The van der Waals surface area contributed by atoms with Crippen LogP contribution in [0.2, 0.25) is 0 Å². The molecule has 0 atom stereocenters. The largest absolute Gasteiger partial charge is 0.493 e. The van der Waals surface area contributed by atoms with Crippen LogP contribution in [0.25, 0.3) is 22.1 Å². The Kier molecular flexibility index (Phi) is 4.75. The fraction of sp³-hybridized carbons (Fsp3) is 0.160. The molecule has 0 bridgehead atoms. The number of benzene rings is 3. The lowest BCUT2D eigenvalue weighted by Crippen LogP contribution is -2.32. The maximum atomic E-state index is 12.4. The molecule has 3 aromatic carbocycles. The Morgan fingerprint density at radius 3 is 2.48 bits per heavy atom. The lowest BCUT2D eigenvalue weighted by atomic mass is 9.99. The van der Waals surface area contributed by atoms with Gasteiger partial charge in [0.05, 0.1) is 26.3 Å². The molecule has 0 radical (unpaired) electrons. The molecule has 6 heteroatoms. The van der Waals surface area contributed by atoms with E-state index in [1.54, 1.807) is 20.3 Å². The smallest absolute Gasteiger partial charge is 0.336 e. The predicted octanol–water partition coefficient (Wildman–Crippen LogP) is 4.83. The lowest BCUT2D eigenvalue weighted by molar-refractivity contribution is 0.288. The molecule has 0 unspecified atom stereocenters. The Bertz CT molecular complexity index is 1310. The van der Waals surface area contributed by atoms with Crippen LogP contribution in [0.3, 0.4) is 0 Å². The fourth-order valence-corrected chi connectivity index (χ4v) is 3.98. The molecule has 1 aliphatic rings. The number of anilines is 1. The summed E-state index contributed by atoms with van der Waals surface area (Å²) in [6, 6.07) is 21.0. The fourth-order valence-electron chi connectivity index (χ4n) is 3.98. The monoisotopic (exact) mass is 415 g/mol. The summed E-state index contributed by atoms with van der Waals surface area (Å²) in [7, 11) is 3.22. The summed E-state index contributed by atoms with van der Waals surface area (Å²) in [5, 5.41) is 0.877. The number of fused-ring (bicyclic) bond motifs is 3. The Morgan fingerprint density at radius 1 is 0.903 bits per heavy atom. The Labute approximate surface area is 179 Å². The van der Waals surface area contributed by atoms with Crippen molar-refractivity contribution in [3.05, 3.63) is 82.7 Å². The van der Waals surface area contributed by atoms with Crippen molar-refractivity contribution in [3.8, 4) is 28.4 Å². The zero-order valence-corrected chi connectivity index (χ0v) is 17.3. The van der Waals surface area contributed by atoms with E-state index < -0.39 is 0 Å². The molecular weight excluding hydrogens is 394 g/mol. The Morgan fingerprint density at radius 2 is 1.71 bits per heavy atom. The second-order valence-electron chi connectivity index (χ2n) is 7.27. The first-order valence-corrected chi connectivity index (χ1v) is 9.93. The molecule has 0 fully saturated rings. The lowest BCUT2D eigenvalue weighted by Gasteiger charge is -2.31. The third kappa shape index (κ3) is 3.36. The first-order chi connectivity index (χ1) is 15.2. The van der Waals surface area contributed by atoms with Gasteiger partial charge in [-0.2, -0.15) is 0 Å². The van der Waals surface area contributed by atoms with E-state index in [-0.39, 0.29) is 5.63 Å². The summed E-state index contributed by atoms with van der Waals surface area (Å²) >= 11 is 0. The van der Waals surface area contributed by atoms with Crippen LogP contribution in [0.1, 0.15) is 5.56 Å². The normalized spacial score (nSPS) is 12.9. The van der Waals surface area contributed by atoms with Crippen molar-refractivity contribution in [1.82, 2.24) is 0 Å². The van der Waals surface area contributed by atoms with Gasteiger partial charge < -0.3 is 23.5 Å². The van der Waals surface area contributed by atoms with Crippen LogP contribution in [0.5, 0.6) is 17.2 Å². The van der Waals surface area contributed by atoms with Crippen LogP contribution in [0, 0.1) is 0 Å². The maximum absolute atomic E-state index is 12.4. The molecule has 1 aliphatic heterocycles. The number of rotatable bonds is 4. The number of hydrogen-bond donors (Lipinski definition) is 0. The molecule has 0 saturated carbocycles. The average molecular weight is 415 g/mol. The van der Waals surface area contributed by atoms with Gasteiger partial charge in [0.2, 0.25) is 0 Å². The van der Waals surface area contributed by atoms with Crippen LogP contribution in [-0.4, -0.2) is 21.0 Å². The van der Waals surface area contributed by atoms with Gasteiger partial charge in [-0.25, -0.2) is 4.79 Å². The standard InChI is InChI=1S/C25H21NO5/c1-28-22-10-8-17(12-23(22)29-2)26-14-20-21(30-15-26)11-9-18-19(13-24(27)31-25(18)20)16-6-4-3-5-7-16/h3-13H,14-15H2,1-2H3. The highest BCUT2D eigenvalue weighted by molar-refractivity contribution is 5.96. The highest BCUT2D eigenvalue weighted by atomic mass is 16.5. The molecule has 6 nitrogen and oxygen atoms in total. The number of methoxy groups -OCH3 is 2. The molecule has 0 saturated heterocycles. The van der Waals surface area contributed by atoms with E-state index in [0.29, 0.717) is 30.4 Å². The molecule has 0 spiro atoms. The Hall–Kier alpha value is -3.93. The third-order valence-electron chi connectivity index (χ3n) is 5.51. The van der Waals surface area contributed by atoms with Crippen LogP contribution in [0.4, 0.5) is 5.69 Å². The minimum absolute atomic E-state index is 0.372. The van der Waals surface area contributed by atoms with E-state index in [2.05, 4.69) is 4.90 Å². The van der Waals surface area contributed by atoms with Crippen molar-refractivity contribution >= 4 is 16.7 Å². The first kappa shape index (κ1) is 19.1. The molecule has 4 aromatic rings. The minimum atomic E-state index is -0.386. The molecular formula is C25H21NO5. The molecule has 0 aliphatic carbocycles. The second kappa shape index (κ2) is 7.72. The molecule has 0 N–H and O–H groups in total. The van der Waals surface area contributed by atoms with Gasteiger partial charge in [0.15, 0.2) is 18.2 Å². The van der Waals surface area contributed by atoms with Crippen molar-refractivity contribution in [2.75, 3.05) is 25.9 Å². The summed E-state index contributed by atoms with van der Waals surface area (Å²) in [6.45, 7) is 0.903.